The first-order valence-electron chi connectivity index (χ1n) is 2.78. The van der Waals surface area contributed by atoms with Crippen molar-refractivity contribution in [2.24, 2.45) is 0 Å². The van der Waals surface area contributed by atoms with Gasteiger partial charge in [0.2, 0.25) is 11.6 Å². The number of cyclic esters (lactones) is 1. The molecule has 0 saturated carbocycles. The lowest BCUT2D eigenvalue weighted by Gasteiger charge is -2.26. The third-order valence-corrected chi connectivity index (χ3v) is 0.980. The molecule has 4 heteroatoms. The van der Waals surface area contributed by atoms with Gasteiger partial charge in [0, 0.05) is 13.8 Å². The zero-order valence-electron chi connectivity index (χ0n) is 5.68. The van der Waals surface area contributed by atoms with Crippen LogP contribution in [0.1, 0.15) is 13.8 Å². The Kier molecular flexibility index (Phi) is 1.39. The smallest absolute Gasteiger partial charge is 0.373 e. The topological polar surface area (TPSA) is 35.5 Å². The van der Waals surface area contributed by atoms with Gasteiger partial charge in [0.25, 0.3) is 0 Å². The number of esters is 1. The molecule has 0 aromatic rings. The van der Waals surface area contributed by atoms with Crippen molar-refractivity contribution in [2.45, 2.75) is 19.6 Å². The molecule has 0 fully saturated rings. The second-order valence-electron chi connectivity index (χ2n) is 2.37. The predicted molar refractivity (Wildman–Crippen MR) is 30.4 cm³/mol. The van der Waals surface area contributed by atoms with Gasteiger partial charge in [0.1, 0.15) is 6.26 Å². The fraction of sp³-hybridized carbons (Fsp3) is 0.500. The minimum Gasteiger partial charge on any atom is -0.457 e. The molecule has 0 aliphatic carbocycles. The Morgan fingerprint density at radius 1 is 1.60 bits per heavy atom. The van der Waals surface area contributed by atoms with Gasteiger partial charge in [-0.1, -0.05) is 0 Å². The van der Waals surface area contributed by atoms with Gasteiger partial charge in [0.15, 0.2) is 0 Å². The van der Waals surface area contributed by atoms with Crippen LogP contribution in [-0.2, 0) is 14.3 Å². The molecule has 3 nitrogen and oxygen atoms in total. The van der Waals surface area contributed by atoms with Crippen LogP contribution in [0, 0.1) is 0 Å². The van der Waals surface area contributed by atoms with Crippen molar-refractivity contribution < 1.29 is 18.7 Å². The molecule has 0 atom stereocenters. The zero-order valence-corrected chi connectivity index (χ0v) is 5.68. The monoisotopic (exact) mass is 146 g/mol. The van der Waals surface area contributed by atoms with Gasteiger partial charge in [-0.25, -0.2) is 4.79 Å². The molecule has 0 amide bonds. The lowest BCUT2D eigenvalue weighted by molar-refractivity contribution is -0.204. The summed E-state index contributed by atoms with van der Waals surface area (Å²) in [5, 5.41) is 0. The Hall–Kier alpha value is -1.06. The summed E-state index contributed by atoms with van der Waals surface area (Å²) in [7, 11) is 0. The number of hydrogen-bond acceptors (Lipinski definition) is 3. The first-order valence-corrected chi connectivity index (χ1v) is 2.78. The van der Waals surface area contributed by atoms with Crippen LogP contribution in [0.3, 0.4) is 0 Å². The highest BCUT2D eigenvalue weighted by molar-refractivity contribution is 5.86. The van der Waals surface area contributed by atoms with E-state index in [1.165, 1.54) is 13.8 Å². The normalized spacial score (nSPS) is 22.7. The minimum atomic E-state index is -1.04. The predicted octanol–water partition coefficient (Wildman–Crippen LogP) is 1.11. The van der Waals surface area contributed by atoms with E-state index < -0.39 is 17.6 Å². The van der Waals surface area contributed by atoms with E-state index in [2.05, 4.69) is 9.47 Å². The Labute approximate surface area is 57.4 Å². The molecule has 1 aliphatic heterocycles. The van der Waals surface area contributed by atoms with E-state index in [1.54, 1.807) is 0 Å². The van der Waals surface area contributed by atoms with Gasteiger partial charge < -0.3 is 9.47 Å². The molecule has 0 unspecified atom stereocenters. The van der Waals surface area contributed by atoms with Crippen molar-refractivity contribution >= 4 is 5.97 Å². The van der Waals surface area contributed by atoms with Gasteiger partial charge in [-0.2, -0.15) is 4.39 Å². The van der Waals surface area contributed by atoms with Crippen LogP contribution in [0.4, 0.5) is 4.39 Å². The van der Waals surface area contributed by atoms with E-state index in [0.717, 1.165) is 6.26 Å². The summed E-state index contributed by atoms with van der Waals surface area (Å²) in [6.45, 7) is 3.04. The Morgan fingerprint density at radius 2 is 2.20 bits per heavy atom. The SMILES string of the molecule is CC1(C)OC=C(F)C(=O)O1. The van der Waals surface area contributed by atoms with Crippen LogP contribution in [0.25, 0.3) is 0 Å². The number of halogens is 1. The van der Waals surface area contributed by atoms with E-state index in [1.807, 2.05) is 0 Å². The Balaban J connectivity index is 2.79. The van der Waals surface area contributed by atoms with Crippen LogP contribution in [0.15, 0.2) is 12.1 Å². The quantitative estimate of drug-likeness (QED) is 0.480. The third kappa shape index (κ3) is 1.26. The third-order valence-electron chi connectivity index (χ3n) is 0.980. The molecule has 10 heavy (non-hydrogen) atoms. The molecule has 0 radical (unpaired) electrons. The van der Waals surface area contributed by atoms with Crippen molar-refractivity contribution in [3.63, 3.8) is 0 Å². The van der Waals surface area contributed by atoms with E-state index in [-0.39, 0.29) is 0 Å². The van der Waals surface area contributed by atoms with Crippen molar-refractivity contribution in [1.82, 2.24) is 0 Å². The first kappa shape index (κ1) is 7.05. The zero-order chi connectivity index (χ0) is 7.78. The summed E-state index contributed by atoms with van der Waals surface area (Å²) < 4.78 is 21.3. The highest BCUT2D eigenvalue weighted by Gasteiger charge is 2.30. The fourth-order valence-corrected chi connectivity index (χ4v) is 0.538. The molecule has 1 heterocycles. The number of ether oxygens (including phenoxy) is 2. The van der Waals surface area contributed by atoms with Gasteiger partial charge >= 0.3 is 5.97 Å². The number of rotatable bonds is 0. The molecule has 0 spiro atoms. The van der Waals surface area contributed by atoms with E-state index in [0.29, 0.717) is 0 Å². The van der Waals surface area contributed by atoms with Crippen LogP contribution in [0.2, 0.25) is 0 Å². The fourth-order valence-electron chi connectivity index (χ4n) is 0.538. The van der Waals surface area contributed by atoms with Gasteiger partial charge in [0.05, 0.1) is 0 Å². The second-order valence-corrected chi connectivity index (χ2v) is 2.37. The molecule has 0 N–H and O–H groups in total. The number of carbonyl (C=O) groups is 1. The van der Waals surface area contributed by atoms with E-state index >= 15 is 0 Å². The van der Waals surface area contributed by atoms with Gasteiger partial charge in [-0.3, -0.25) is 0 Å². The maximum atomic E-state index is 12.2. The standard InChI is InChI=1S/C6H7FO3/c1-6(2)9-3-4(7)5(8)10-6/h3H,1-2H3. The largest absolute Gasteiger partial charge is 0.457 e. The minimum absolute atomic E-state index is 0.756. The lowest BCUT2D eigenvalue weighted by Crippen LogP contribution is -2.33. The van der Waals surface area contributed by atoms with Crippen LogP contribution in [0.5, 0.6) is 0 Å². The molecular weight excluding hydrogens is 139 g/mol. The summed E-state index contributed by atoms with van der Waals surface area (Å²) in [6.07, 6.45) is 0.756. The molecular formula is C6H7FO3. The van der Waals surface area contributed by atoms with Gasteiger partial charge in [-0.05, 0) is 0 Å². The Morgan fingerprint density at radius 3 is 2.60 bits per heavy atom. The first-order chi connectivity index (χ1) is 4.51. The maximum Gasteiger partial charge on any atom is 0.373 e. The number of hydrogen-bond donors (Lipinski definition) is 0. The summed E-state index contributed by atoms with van der Waals surface area (Å²) in [5.41, 5.74) is 0. The van der Waals surface area contributed by atoms with Gasteiger partial charge in [-0.15, -0.1) is 0 Å². The van der Waals surface area contributed by atoms with Crippen LogP contribution < -0.4 is 0 Å². The van der Waals surface area contributed by atoms with Crippen LogP contribution in [-0.4, -0.2) is 11.8 Å². The molecule has 1 rings (SSSR count). The van der Waals surface area contributed by atoms with Crippen molar-refractivity contribution in [3.05, 3.63) is 12.1 Å². The molecule has 0 bridgehead atoms. The highest BCUT2D eigenvalue weighted by Crippen LogP contribution is 2.20. The van der Waals surface area contributed by atoms with E-state index in [4.69, 9.17) is 0 Å². The van der Waals surface area contributed by atoms with Crippen molar-refractivity contribution in [3.8, 4) is 0 Å². The molecule has 1 aliphatic rings. The molecule has 0 aromatic heterocycles. The number of carbonyl (C=O) groups excluding carboxylic acids is 1. The maximum absolute atomic E-state index is 12.2. The molecule has 0 saturated heterocycles. The summed E-state index contributed by atoms with van der Waals surface area (Å²) >= 11 is 0. The second kappa shape index (κ2) is 1.97. The van der Waals surface area contributed by atoms with Crippen molar-refractivity contribution in [1.29, 1.82) is 0 Å². The highest BCUT2D eigenvalue weighted by atomic mass is 19.1. The molecule has 0 aromatic carbocycles. The van der Waals surface area contributed by atoms with E-state index in [9.17, 15) is 9.18 Å². The average molecular weight is 146 g/mol. The molecule has 56 valence electrons. The summed E-state index contributed by atoms with van der Waals surface area (Å²) in [4.78, 5) is 10.5. The van der Waals surface area contributed by atoms with Crippen LogP contribution >= 0.6 is 0 Å². The average Bonchev–Trinajstić information content (AvgIpc) is 1.79. The summed E-state index contributed by atoms with van der Waals surface area (Å²) in [5.74, 6) is -3.01. The summed E-state index contributed by atoms with van der Waals surface area (Å²) in [6, 6.07) is 0. The Bertz CT molecular complexity index is 195. The van der Waals surface area contributed by atoms with Crippen molar-refractivity contribution in [2.75, 3.05) is 0 Å². The lowest BCUT2D eigenvalue weighted by atomic mass is 10.3.